The van der Waals surface area contributed by atoms with Gasteiger partial charge in [-0.05, 0) is 18.2 Å². The molecule has 2 aromatic heterocycles. The highest BCUT2D eigenvalue weighted by atomic mass is 35.5. The number of aromatic nitrogens is 3. The van der Waals surface area contributed by atoms with Crippen LogP contribution in [0, 0.1) is 0 Å². The maximum atomic E-state index is 6.02. The van der Waals surface area contributed by atoms with Crippen LogP contribution < -0.4 is 5.32 Å². The van der Waals surface area contributed by atoms with Crippen LogP contribution in [0.5, 0.6) is 0 Å². The molecule has 6 heteroatoms. The van der Waals surface area contributed by atoms with Crippen molar-refractivity contribution in [1.82, 2.24) is 20.3 Å². The molecule has 0 radical (unpaired) electrons. The monoisotopic (exact) mass is 290 g/mol. The van der Waals surface area contributed by atoms with Crippen LogP contribution in [0.25, 0.3) is 10.2 Å². The Morgan fingerprint density at radius 1 is 1.37 bits per heavy atom. The van der Waals surface area contributed by atoms with E-state index in [1.807, 2.05) is 18.2 Å². The summed E-state index contributed by atoms with van der Waals surface area (Å²) in [6.07, 6.45) is 2.64. The van der Waals surface area contributed by atoms with E-state index in [-0.39, 0.29) is 6.04 Å². The minimum Gasteiger partial charge on any atom is -0.347 e. The minimum absolute atomic E-state index is 0.243. The lowest BCUT2D eigenvalue weighted by atomic mass is 10.1. The number of H-pyrrole nitrogens is 1. The number of benzene rings is 1. The molecule has 2 N–H and O–H groups in total. The molecule has 0 fully saturated rings. The number of imidazole rings is 1. The Bertz CT molecular complexity index is 748. The molecule has 1 aliphatic heterocycles. The van der Waals surface area contributed by atoms with Crippen molar-refractivity contribution in [3.8, 4) is 0 Å². The lowest BCUT2D eigenvalue weighted by molar-refractivity contribution is 0.488. The van der Waals surface area contributed by atoms with E-state index in [9.17, 15) is 0 Å². The van der Waals surface area contributed by atoms with Gasteiger partial charge in [-0.1, -0.05) is 11.6 Å². The Labute approximate surface area is 118 Å². The molecule has 0 spiro atoms. The normalized spacial score (nSPS) is 18.7. The molecule has 19 heavy (non-hydrogen) atoms. The summed E-state index contributed by atoms with van der Waals surface area (Å²) in [4.78, 5) is 12.2. The van der Waals surface area contributed by atoms with Gasteiger partial charge in [0.05, 0.1) is 34.0 Å². The fourth-order valence-electron chi connectivity index (χ4n) is 2.41. The summed E-state index contributed by atoms with van der Waals surface area (Å²) in [6.45, 7) is 0.816. The molecule has 0 aliphatic carbocycles. The first kappa shape index (κ1) is 11.4. The smallest absolute Gasteiger partial charge is 0.111 e. The first-order chi connectivity index (χ1) is 9.29. The van der Waals surface area contributed by atoms with Crippen molar-refractivity contribution in [3.05, 3.63) is 45.9 Å². The lowest BCUT2D eigenvalue weighted by Gasteiger charge is -2.20. The highest BCUT2D eigenvalue weighted by molar-refractivity contribution is 7.18. The molecule has 4 rings (SSSR count). The van der Waals surface area contributed by atoms with Crippen LogP contribution in [0.4, 0.5) is 0 Å². The van der Waals surface area contributed by atoms with E-state index in [0.29, 0.717) is 0 Å². The average Bonchev–Trinajstić information content (AvgIpc) is 3.02. The van der Waals surface area contributed by atoms with Gasteiger partial charge >= 0.3 is 0 Å². The van der Waals surface area contributed by atoms with E-state index in [2.05, 4.69) is 15.3 Å². The summed E-state index contributed by atoms with van der Waals surface area (Å²) in [6, 6.07) is 6.07. The van der Waals surface area contributed by atoms with E-state index in [0.717, 1.165) is 38.9 Å². The molecular formula is C13H11ClN4S. The summed E-state index contributed by atoms with van der Waals surface area (Å²) in [5.41, 5.74) is 3.33. The van der Waals surface area contributed by atoms with Gasteiger partial charge in [-0.2, -0.15) is 0 Å². The average molecular weight is 291 g/mol. The number of rotatable bonds is 1. The number of nitrogens with one attached hydrogen (secondary N) is 2. The molecule has 4 nitrogen and oxygen atoms in total. The number of halogens is 1. The van der Waals surface area contributed by atoms with Crippen LogP contribution in [0.3, 0.4) is 0 Å². The van der Waals surface area contributed by atoms with E-state index < -0.39 is 0 Å². The predicted octanol–water partition coefficient (Wildman–Crippen LogP) is 3.06. The molecule has 1 aliphatic rings. The second kappa shape index (κ2) is 4.30. The topological polar surface area (TPSA) is 53.6 Å². The van der Waals surface area contributed by atoms with Crippen molar-refractivity contribution >= 4 is 33.2 Å². The fraction of sp³-hybridized carbons (Fsp3) is 0.231. The Hall–Kier alpha value is -1.43. The van der Waals surface area contributed by atoms with E-state index >= 15 is 0 Å². The number of thiazole rings is 1. The Kier molecular flexibility index (Phi) is 2.58. The number of hydrogen-bond acceptors (Lipinski definition) is 4. The maximum absolute atomic E-state index is 6.02. The van der Waals surface area contributed by atoms with E-state index in [4.69, 9.17) is 16.6 Å². The van der Waals surface area contributed by atoms with Gasteiger partial charge in [0.1, 0.15) is 5.01 Å². The van der Waals surface area contributed by atoms with Gasteiger partial charge < -0.3 is 10.3 Å². The van der Waals surface area contributed by atoms with Gasteiger partial charge in [-0.3, -0.25) is 0 Å². The molecule has 0 amide bonds. The summed E-state index contributed by atoms with van der Waals surface area (Å²) in [5, 5.41) is 5.36. The van der Waals surface area contributed by atoms with E-state index in [1.54, 1.807) is 17.7 Å². The largest absolute Gasteiger partial charge is 0.347 e. The van der Waals surface area contributed by atoms with Gasteiger partial charge in [-0.15, -0.1) is 11.3 Å². The van der Waals surface area contributed by atoms with Crippen molar-refractivity contribution in [2.75, 3.05) is 0 Å². The quantitative estimate of drug-likeness (QED) is 0.724. The Morgan fingerprint density at radius 3 is 3.26 bits per heavy atom. The number of fused-ring (bicyclic) bond motifs is 2. The van der Waals surface area contributed by atoms with Crippen LogP contribution in [0.15, 0.2) is 24.5 Å². The third kappa shape index (κ3) is 1.94. The standard InChI is InChI=1S/C13H11ClN4S/c14-7-1-2-8-12(3-7)19-13(18-8)10-4-9-11(5-15-10)17-6-16-9/h1-3,6,10,15H,4-5H2,(H,16,17). The van der Waals surface area contributed by atoms with Crippen LogP contribution in [0.2, 0.25) is 5.02 Å². The summed E-state index contributed by atoms with van der Waals surface area (Å²) >= 11 is 7.71. The zero-order valence-corrected chi connectivity index (χ0v) is 11.6. The van der Waals surface area contributed by atoms with Gasteiger partial charge in [0.2, 0.25) is 0 Å². The third-order valence-corrected chi connectivity index (χ3v) is 4.76. The minimum atomic E-state index is 0.243. The third-order valence-electron chi connectivity index (χ3n) is 3.40. The van der Waals surface area contributed by atoms with Crippen molar-refractivity contribution in [2.45, 2.75) is 19.0 Å². The van der Waals surface area contributed by atoms with Gasteiger partial charge in [-0.25, -0.2) is 9.97 Å². The number of nitrogens with zero attached hydrogens (tertiary/aromatic N) is 2. The first-order valence-electron chi connectivity index (χ1n) is 6.10. The molecule has 3 heterocycles. The molecule has 0 bridgehead atoms. The second-order valence-electron chi connectivity index (χ2n) is 4.63. The molecule has 0 saturated carbocycles. The van der Waals surface area contributed by atoms with Gasteiger partial charge in [0.25, 0.3) is 0 Å². The second-order valence-corrected chi connectivity index (χ2v) is 6.13. The highest BCUT2D eigenvalue weighted by Crippen LogP contribution is 2.31. The van der Waals surface area contributed by atoms with Crippen LogP contribution >= 0.6 is 22.9 Å². The SMILES string of the molecule is Clc1ccc2nc(C3Cc4nc[nH]c4CN3)sc2c1. The van der Waals surface area contributed by atoms with Crippen molar-refractivity contribution in [1.29, 1.82) is 0 Å². The summed E-state index contributed by atoms with van der Waals surface area (Å²) in [7, 11) is 0. The van der Waals surface area contributed by atoms with Crippen LogP contribution in [-0.4, -0.2) is 15.0 Å². The van der Waals surface area contributed by atoms with Crippen LogP contribution in [0.1, 0.15) is 22.4 Å². The summed E-state index contributed by atoms with van der Waals surface area (Å²) in [5.74, 6) is 0. The maximum Gasteiger partial charge on any atom is 0.111 e. The molecule has 0 saturated heterocycles. The van der Waals surface area contributed by atoms with Crippen LogP contribution in [-0.2, 0) is 13.0 Å². The molecular weight excluding hydrogens is 280 g/mol. The lowest BCUT2D eigenvalue weighted by Crippen LogP contribution is -2.28. The molecule has 3 aromatic rings. The van der Waals surface area contributed by atoms with Crippen molar-refractivity contribution in [3.63, 3.8) is 0 Å². The Balaban J connectivity index is 1.71. The zero-order chi connectivity index (χ0) is 12.8. The fourth-order valence-corrected chi connectivity index (χ4v) is 3.73. The zero-order valence-electron chi connectivity index (χ0n) is 9.98. The first-order valence-corrected chi connectivity index (χ1v) is 7.29. The van der Waals surface area contributed by atoms with Crippen molar-refractivity contribution < 1.29 is 0 Å². The number of aromatic amines is 1. The van der Waals surface area contributed by atoms with E-state index in [1.165, 1.54) is 5.69 Å². The Morgan fingerprint density at radius 2 is 2.32 bits per heavy atom. The molecule has 96 valence electrons. The van der Waals surface area contributed by atoms with Gasteiger partial charge in [0, 0.05) is 18.0 Å². The summed E-state index contributed by atoms with van der Waals surface area (Å²) < 4.78 is 1.14. The number of hydrogen-bond donors (Lipinski definition) is 2. The molecule has 1 unspecified atom stereocenters. The molecule has 1 atom stereocenters. The van der Waals surface area contributed by atoms with Crippen molar-refractivity contribution in [2.24, 2.45) is 0 Å². The molecule has 1 aromatic carbocycles. The highest BCUT2D eigenvalue weighted by Gasteiger charge is 2.23. The predicted molar refractivity (Wildman–Crippen MR) is 76.5 cm³/mol. The van der Waals surface area contributed by atoms with Gasteiger partial charge in [0.15, 0.2) is 0 Å².